The molecule has 32 heavy (non-hydrogen) atoms. The van der Waals surface area contributed by atoms with Gasteiger partial charge in [0.05, 0.1) is 12.5 Å². The molecule has 1 unspecified atom stereocenters. The standard InChI is InChI=1S/C30H56O2/c1-4-6-8-9-11-15-27-16-20-28(21-17-27)25(3)13-12-24-32-30(31)29-22-18-26(19-23-29)14-10-7-5-2/h25-29H,4-24H2,1-3H3. The lowest BCUT2D eigenvalue weighted by atomic mass is 9.74. The van der Waals surface area contributed by atoms with Crippen LogP contribution in [0.1, 0.15) is 149 Å². The van der Waals surface area contributed by atoms with Crippen LogP contribution in [-0.2, 0) is 9.53 Å². The summed E-state index contributed by atoms with van der Waals surface area (Å²) in [7, 11) is 0. The molecule has 2 heteroatoms. The molecule has 0 radical (unpaired) electrons. The molecule has 0 aliphatic heterocycles. The fraction of sp³-hybridized carbons (Fsp3) is 0.967. The molecule has 2 nitrogen and oxygen atoms in total. The number of esters is 1. The van der Waals surface area contributed by atoms with Crippen molar-refractivity contribution in [2.75, 3.05) is 6.61 Å². The third-order valence-corrected chi connectivity index (χ3v) is 8.86. The summed E-state index contributed by atoms with van der Waals surface area (Å²) in [5.74, 6) is 3.85. The molecule has 2 rings (SSSR count). The summed E-state index contributed by atoms with van der Waals surface area (Å²) in [5, 5.41) is 0. The summed E-state index contributed by atoms with van der Waals surface area (Å²) in [5.41, 5.74) is 0. The Balaban J connectivity index is 1.48. The fourth-order valence-corrected chi connectivity index (χ4v) is 6.38. The highest BCUT2D eigenvalue weighted by Gasteiger charge is 2.28. The molecule has 2 fully saturated rings. The predicted molar refractivity (Wildman–Crippen MR) is 138 cm³/mol. The minimum absolute atomic E-state index is 0.101. The van der Waals surface area contributed by atoms with Crippen LogP contribution in [0.25, 0.3) is 0 Å². The number of hydrogen-bond donors (Lipinski definition) is 0. The highest BCUT2D eigenvalue weighted by Crippen LogP contribution is 2.37. The van der Waals surface area contributed by atoms with Crippen molar-refractivity contribution in [1.29, 1.82) is 0 Å². The highest BCUT2D eigenvalue weighted by atomic mass is 16.5. The molecular formula is C30H56O2. The summed E-state index contributed by atoms with van der Waals surface area (Å²) >= 11 is 0. The molecule has 0 saturated heterocycles. The first-order chi connectivity index (χ1) is 15.6. The van der Waals surface area contributed by atoms with Crippen molar-refractivity contribution in [1.82, 2.24) is 0 Å². The van der Waals surface area contributed by atoms with Gasteiger partial charge in [-0.05, 0) is 75.0 Å². The maximum Gasteiger partial charge on any atom is 0.308 e. The van der Waals surface area contributed by atoms with E-state index in [1.165, 1.54) is 109 Å². The third-order valence-electron chi connectivity index (χ3n) is 8.86. The second kappa shape index (κ2) is 17.0. The molecule has 2 aliphatic carbocycles. The molecule has 0 amide bonds. The highest BCUT2D eigenvalue weighted by molar-refractivity contribution is 5.72. The minimum Gasteiger partial charge on any atom is -0.465 e. The molecule has 2 saturated carbocycles. The minimum atomic E-state index is 0.101. The van der Waals surface area contributed by atoms with E-state index in [2.05, 4.69) is 20.8 Å². The molecule has 1 atom stereocenters. The SMILES string of the molecule is CCCCCCCC1CCC(C(C)CCCOC(=O)C2CCC(CCCCC)CC2)CC1. The van der Waals surface area contributed by atoms with Gasteiger partial charge in [0, 0.05) is 0 Å². The van der Waals surface area contributed by atoms with E-state index in [0.29, 0.717) is 6.61 Å². The van der Waals surface area contributed by atoms with E-state index in [4.69, 9.17) is 4.74 Å². The molecular weight excluding hydrogens is 392 g/mol. The maximum atomic E-state index is 12.5. The number of ether oxygens (including phenoxy) is 1. The summed E-state index contributed by atoms with van der Waals surface area (Å²) < 4.78 is 5.70. The Morgan fingerprint density at radius 3 is 1.88 bits per heavy atom. The van der Waals surface area contributed by atoms with Gasteiger partial charge in [-0.1, -0.05) is 97.8 Å². The monoisotopic (exact) mass is 448 g/mol. The largest absolute Gasteiger partial charge is 0.465 e. The first-order valence-electron chi connectivity index (χ1n) is 14.8. The average molecular weight is 449 g/mol. The van der Waals surface area contributed by atoms with Gasteiger partial charge in [0.15, 0.2) is 0 Å². The van der Waals surface area contributed by atoms with Crippen molar-refractivity contribution in [3.05, 3.63) is 0 Å². The zero-order chi connectivity index (χ0) is 23.0. The molecule has 0 aromatic rings. The Hall–Kier alpha value is -0.530. The zero-order valence-electron chi connectivity index (χ0n) is 22.1. The van der Waals surface area contributed by atoms with E-state index in [1.807, 2.05) is 0 Å². The van der Waals surface area contributed by atoms with Crippen LogP contribution >= 0.6 is 0 Å². The van der Waals surface area contributed by atoms with Crippen LogP contribution in [0, 0.1) is 29.6 Å². The number of unbranched alkanes of at least 4 members (excludes halogenated alkanes) is 6. The van der Waals surface area contributed by atoms with Crippen LogP contribution in [0.5, 0.6) is 0 Å². The maximum absolute atomic E-state index is 12.5. The molecule has 0 aromatic carbocycles. The normalized spacial score (nSPS) is 27.2. The van der Waals surface area contributed by atoms with Gasteiger partial charge >= 0.3 is 5.97 Å². The molecule has 188 valence electrons. The van der Waals surface area contributed by atoms with Gasteiger partial charge in [0.25, 0.3) is 0 Å². The van der Waals surface area contributed by atoms with Crippen molar-refractivity contribution in [3.8, 4) is 0 Å². The molecule has 0 N–H and O–H groups in total. The van der Waals surface area contributed by atoms with E-state index >= 15 is 0 Å². The van der Waals surface area contributed by atoms with Gasteiger partial charge in [0.1, 0.15) is 0 Å². The lowest BCUT2D eigenvalue weighted by Gasteiger charge is -2.32. The second-order valence-electron chi connectivity index (χ2n) is 11.5. The third kappa shape index (κ3) is 11.1. The number of carbonyl (C=O) groups excluding carboxylic acids is 1. The van der Waals surface area contributed by atoms with Crippen molar-refractivity contribution < 1.29 is 9.53 Å². The van der Waals surface area contributed by atoms with Gasteiger partial charge < -0.3 is 4.74 Å². The topological polar surface area (TPSA) is 26.3 Å². The van der Waals surface area contributed by atoms with Crippen LogP contribution in [0.4, 0.5) is 0 Å². The second-order valence-corrected chi connectivity index (χ2v) is 11.5. The van der Waals surface area contributed by atoms with E-state index < -0.39 is 0 Å². The van der Waals surface area contributed by atoms with Crippen molar-refractivity contribution in [3.63, 3.8) is 0 Å². The lowest BCUT2D eigenvalue weighted by Crippen LogP contribution is -2.24. The quantitative estimate of drug-likeness (QED) is 0.173. The Morgan fingerprint density at radius 1 is 0.719 bits per heavy atom. The molecule has 0 spiro atoms. The van der Waals surface area contributed by atoms with Gasteiger partial charge in [-0.15, -0.1) is 0 Å². The summed E-state index contributed by atoms with van der Waals surface area (Å²) in [6.07, 6.45) is 26.6. The van der Waals surface area contributed by atoms with Crippen LogP contribution in [-0.4, -0.2) is 12.6 Å². The molecule has 0 aromatic heterocycles. The Morgan fingerprint density at radius 2 is 1.25 bits per heavy atom. The van der Waals surface area contributed by atoms with Crippen molar-refractivity contribution in [2.45, 2.75) is 149 Å². The van der Waals surface area contributed by atoms with Crippen molar-refractivity contribution in [2.24, 2.45) is 29.6 Å². The number of rotatable bonds is 16. The number of carbonyl (C=O) groups is 1. The Labute approximate surface area is 201 Å². The van der Waals surface area contributed by atoms with E-state index in [1.54, 1.807) is 0 Å². The number of hydrogen-bond acceptors (Lipinski definition) is 2. The molecule has 0 bridgehead atoms. The first kappa shape index (κ1) is 27.7. The van der Waals surface area contributed by atoms with Crippen molar-refractivity contribution >= 4 is 5.97 Å². The van der Waals surface area contributed by atoms with E-state index in [-0.39, 0.29) is 11.9 Å². The fourth-order valence-electron chi connectivity index (χ4n) is 6.38. The van der Waals surface area contributed by atoms with Gasteiger partial charge in [-0.2, -0.15) is 0 Å². The predicted octanol–water partition coefficient (Wildman–Crippen LogP) is 9.50. The van der Waals surface area contributed by atoms with Crippen LogP contribution in [0.15, 0.2) is 0 Å². The van der Waals surface area contributed by atoms with Gasteiger partial charge in [-0.3, -0.25) is 4.79 Å². The molecule has 2 aliphatic rings. The van der Waals surface area contributed by atoms with Gasteiger partial charge in [-0.25, -0.2) is 0 Å². The Kier molecular flexibility index (Phi) is 14.7. The summed E-state index contributed by atoms with van der Waals surface area (Å²) in [6.45, 7) is 7.66. The van der Waals surface area contributed by atoms with E-state index in [0.717, 1.165) is 42.9 Å². The smallest absolute Gasteiger partial charge is 0.308 e. The average Bonchev–Trinajstić information content (AvgIpc) is 2.82. The summed E-state index contributed by atoms with van der Waals surface area (Å²) in [4.78, 5) is 12.5. The van der Waals surface area contributed by atoms with Crippen LogP contribution < -0.4 is 0 Å². The molecule has 0 heterocycles. The van der Waals surface area contributed by atoms with Gasteiger partial charge in [0.2, 0.25) is 0 Å². The van der Waals surface area contributed by atoms with Crippen LogP contribution in [0.3, 0.4) is 0 Å². The van der Waals surface area contributed by atoms with E-state index in [9.17, 15) is 4.79 Å². The zero-order valence-corrected chi connectivity index (χ0v) is 22.1. The Bertz CT molecular complexity index is 457. The van der Waals surface area contributed by atoms with Crippen LogP contribution in [0.2, 0.25) is 0 Å². The first-order valence-corrected chi connectivity index (χ1v) is 14.8. The lowest BCUT2D eigenvalue weighted by molar-refractivity contribution is -0.150. The summed E-state index contributed by atoms with van der Waals surface area (Å²) in [6, 6.07) is 0.